The fourth-order valence-corrected chi connectivity index (χ4v) is 3.90. The van der Waals surface area contributed by atoms with Crippen molar-refractivity contribution in [3.8, 4) is 0 Å². The van der Waals surface area contributed by atoms with Gasteiger partial charge in [-0.2, -0.15) is 0 Å². The quantitative estimate of drug-likeness (QED) is 0.529. The van der Waals surface area contributed by atoms with E-state index in [1.807, 2.05) is 37.3 Å². The molecule has 0 unspecified atom stereocenters. The molecule has 1 N–H and O–H groups in total. The third-order valence-electron chi connectivity index (χ3n) is 5.63. The molecule has 3 amide bonds. The zero-order valence-corrected chi connectivity index (χ0v) is 17.7. The highest BCUT2D eigenvalue weighted by molar-refractivity contribution is 6.22. The summed E-state index contributed by atoms with van der Waals surface area (Å²) in [5.74, 6) is -2.03. The van der Waals surface area contributed by atoms with Crippen molar-refractivity contribution in [3.63, 3.8) is 0 Å². The summed E-state index contributed by atoms with van der Waals surface area (Å²) in [5.41, 5.74) is 1.44. The first-order chi connectivity index (χ1) is 15.4. The third-order valence-corrected chi connectivity index (χ3v) is 5.63. The lowest BCUT2D eigenvalue weighted by Gasteiger charge is -2.17. The van der Waals surface area contributed by atoms with Gasteiger partial charge in [-0.15, -0.1) is 0 Å². The van der Waals surface area contributed by atoms with Gasteiger partial charge >= 0.3 is 5.97 Å². The lowest BCUT2D eigenvalue weighted by Crippen LogP contribution is -2.36. The Morgan fingerprint density at radius 2 is 1.88 bits per heavy atom. The molecule has 0 spiro atoms. The molecule has 2 aromatic rings. The number of benzene rings is 2. The Balaban J connectivity index is 1.35. The van der Waals surface area contributed by atoms with Gasteiger partial charge in [0.05, 0.1) is 35.4 Å². The largest absolute Gasteiger partial charge is 0.452 e. The number of carbonyl (C=O) groups excluding carboxylic acids is 4. The molecule has 8 heteroatoms. The Hall–Kier alpha value is -3.52. The van der Waals surface area contributed by atoms with Gasteiger partial charge in [0.25, 0.3) is 17.7 Å². The minimum Gasteiger partial charge on any atom is -0.452 e. The van der Waals surface area contributed by atoms with Crippen molar-refractivity contribution in [2.45, 2.75) is 31.9 Å². The van der Waals surface area contributed by atoms with Crippen molar-refractivity contribution >= 4 is 23.7 Å². The van der Waals surface area contributed by atoms with Crippen LogP contribution in [0.2, 0.25) is 0 Å². The molecular weight excluding hydrogens is 412 g/mol. The van der Waals surface area contributed by atoms with Crippen LogP contribution in [0.25, 0.3) is 0 Å². The minimum absolute atomic E-state index is 0.104. The van der Waals surface area contributed by atoms with Crippen LogP contribution in [0.5, 0.6) is 0 Å². The van der Waals surface area contributed by atoms with E-state index in [4.69, 9.17) is 9.47 Å². The standard InChI is InChI=1S/C24H24N2O6/c1-15(16-6-3-2-4-7-16)25-21(27)14-32-24(30)17-9-10-19-20(12-17)23(29)26(22(19)28)13-18-8-5-11-31-18/h2-4,6-7,9-10,12,15,18H,5,8,11,13-14H2,1H3,(H,25,27)/t15-,18+/m1/s1. The van der Waals surface area contributed by atoms with Crippen molar-refractivity contribution in [2.24, 2.45) is 0 Å². The molecule has 2 aromatic carbocycles. The van der Waals surface area contributed by atoms with Crippen molar-refractivity contribution in [1.29, 1.82) is 0 Å². The first-order valence-corrected chi connectivity index (χ1v) is 10.6. The molecule has 4 rings (SSSR count). The number of esters is 1. The second-order valence-corrected chi connectivity index (χ2v) is 7.89. The molecule has 32 heavy (non-hydrogen) atoms. The number of amides is 3. The van der Waals surface area contributed by atoms with E-state index >= 15 is 0 Å². The topological polar surface area (TPSA) is 102 Å². The highest BCUT2D eigenvalue weighted by Gasteiger charge is 2.38. The van der Waals surface area contributed by atoms with Crippen LogP contribution in [0.15, 0.2) is 48.5 Å². The predicted octanol–water partition coefficient (Wildman–Crippen LogP) is 2.50. The van der Waals surface area contributed by atoms with Crippen LogP contribution < -0.4 is 5.32 Å². The Bertz CT molecular complexity index is 1050. The van der Waals surface area contributed by atoms with Crippen molar-refractivity contribution < 1.29 is 28.7 Å². The van der Waals surface area contributed by atoms with Gasteiger partial charge in [-0.1, -0.05) is 30.3 Å². The van der Waals surface area contributed by atoms with Gasteiger partial charge in [-0.25, -0.2) is 4.79 Å². The van der Waals surface area contributed by atoms with E-state index in [1.54, 1.807) is 0 Å². The molecular formula is C24H24N2O6. The fourth-order valence-electron chi connectivity index (χ4n) is 3.90. The molecule has 0 saturated carbocycles. The number of hydrogen-bond acceptors (Lipinski definition) is 6. The molecule has 0 aromatic heterocycles. The Morgan fingerprint density at radius 3 is 2.59 bits per heavy atom. The SMILES string of the molecule is C[C@@H](NC(=O)COC(=O)c1ccc2c(c1)C(=O)N(C[C@@H]1CCCO1)C2=O)c1ccccc1. The Kier molecular flexibility index (Phi) is 6.32. The summed E-state index contributed by atoms with van der Waals surface area (Å²) >= 11 is 0. The van der Waals surface area contributed by atoms with E-state index in [0.29, 0.717) is 6.61 Å². The second kappa shape index (κ2) is 9.32. The zero-order chi connectivity index (χ0) is 22.7. The molecule has 2 aliphatic rings. The molecule has 8 nitrogen and oxygen atoms in total. The normalized spacial score (nSPS) is 18.4. The van der Waals surface area contributed by atoms with Gasteiger partial charge in [0.15, 0.2) is 6.61 Å². The van der Waals surface area contributed by atoms with E-state index < -0.39 is 30.3 Å². The summed E-state index contributed by atoms with van der Waals surface area (Å²) in [6.45, 7) is 2.21. The highest BCUT2D eigenvalue weighted by Crippen LogP contribution is 2.26. The van der Waals surface area contributed by atoms with Crippen LogP contribution in [0, 0.1) is 0 Å². The van der Waals surface area contributed by atoms with Crippen molar-refractivity contribution in [3.05, 3.63) is 70.8 Å². The van der Waals surface area contributed by atoms with Crippen LogP contribution in [-0.2, 0) is 14.3 Å². The van der Waals surface area contributed by atoms with Crippen LogP contribution in [0.3, 0.4) is 0 Å². The van der Waals surface area contributed by atoms with E-state index in [1.165, 1.54) is 18.2 Å². The maximum Gasteiger partial charge on any atom is 0.338 e. The summed E-state index contributed by atoms with van der Waals surface area (Å²) in [7, 11) is 0. The summed E-state index contributed by atoms with van der Waals surface area (Å²) in [6.07, 6.45) is 1.55. The number of fused-ring (bicyclic) bond motifs is 1. The minimum atomic E-state index is -0.742. The highest BCUT2D eigenvalue weighted by atomic mass is 16.5. The van der Waals surface area contributed by atoms with Crippen LogP contribution in [0.4, 0.5) is 0 Å². The van der Waals surface area contributed by atoms with Gasteiger partial charge in [0.1, 0.15) is 0 Å². The maximum atomic E-state index is 12.7. The number of nitrogens with one attached hydrogen (secondary N) is 1. The van der Waals surface area contributed by atoms with E-state index in [-0.39, 0.29) is 35.4 Å². The summed E-state index contributed by atoms with van der Waals surface area (Å²) in [6, 6.07) is 13.4. The van der Waals surface area contributed by atoms with E-state index in [2.05, 4.69) is 5.32 Å². The Morgan fingerprint density at radius 1 is 1.12 bits per heavy atom. The first kappa shape index (κ1) is 21.7. The van der Waals surface area contributed by atoms with E-state index in [0.717, 1.165) is 23.3 Å². The van der Waals surface area contributed by atoms with E-state index in [9.17, 15) is 19.2 Å². The Labute approximate surface area is 185 Å². The molecule has 166 valence electrons. The third kappa shape index (κ3) is 4.55. The summed E-state index contributed by atoms with van der Waals surface area (Å²) in [4.78, 5) is 51.0. The zero-order valence-electron chi connectivity index (χ0n) is 17.7. The van der Waals surface area contributed by atoms with Crippen LogP contribution in [0.1, 0.15) is 62.4 Å². The predicted molar refractivity (Wildman–Crippen MR) is 114 cm³/mol. The van der Waals surface area contributed by atoms with Crippen LogP contribution >= 0.6 is 0 Å². The number of rotatable bonds is 7. The first-order valence-electron chi connectivity index (χ1n) is 10.6. The molecule has 2 atom stereocenters. The monoisotopic (exact) mass is 436 g/mol. The molecule has 1 saturated heterocycles. The molecule has 0 bridgehead atoms. The molecule has 2 aliphatic heterocycles. The fraction of sp³-hybridized carbons (Fsp3) is 0.333. The number of carbonyl (C=O) groups is 4. The maximum absolute atomic E-state index is 12.7. The van der Waals surface area contributed by atoms with Crippen molar-refractivity contribution in [2.75, 3.05) is 19.8 Å². The van der Waals surface area contributed by atoms with Gasteiger partial charge in [0, 0.05) is 6.61 Å². The molecule has 2 heterocycles. The molecule has 1 fully saturated rings. The lowest BCUT2D eigenvalue weighted by atomic mass is 10.1. The number of nitrogens with zero attached hydrogens (tertiary/aromatic N) is 1. The average Bonchev–Trinajstić information content (AvgIpc) is 3.41. The smallest absolute Gasteiger partial charge is 0.338 e. The van der Waals surface area contributed by atoms with Gasteiger partial charge in [0.2, 0.25) is 0 Å². The van der Waals surface area contributed by atoms with Crippen molar-refractivity contribution in [1.82, 2.24) is 10.2 Å². The number of hydrogen-bond donors (Lipinski definition) is 1. The number of imide groups is 1. The number of ether oxygens (including phenoxy) is 2. The van der Waals surface area contributed by atoms with Gasteiger partial charge in [-0.3, -0.25) is 19.3 Å². The van der Waals surface area contributed by atoms with Crippen LogP contribution in [-0.4, -0.2) is 54.5 Å². The second-order valence-electron chi connectivity index (χ2n) is 7.89. The molecule has 0 radical (unpaired) electrons. The van der Waals surface area contributed by atoms with Gasteiger partial charge in [-0.05, 0) is 43.5 Å². The average molecular weight is 436 g/mol. The summed E-state index contributed by atoms with van der Waals surface area (Å²) in [5, 5.41) is 2.76. The lowest BCUT2D eigenvalue weighted by molar-refractivity contribution is -0.124. The summed E-state index contributed by atoms with van der Waals surface area (Å²) < 4.78 is 10.6. The van der Waals surface area contributed by atoms with Gasteiger partial charge < -0.3 is 14.8 Å². The molecule has 0 aliphatic carbocycles.